The minimum absolute atomic E-state index is 0.138. The molecule has 2 rings (SSSR count). The number of carbonyl (C=O) groups excluding carboxylic acids is 1. The molecular formula is C10H14O3. The number of rotatable bonds is 3. The van der Waals surface area contributed by atoms with Crippen LogP contribution in [0.5, 0.6) is 0 Å². The molecule has 0 spiro atoms. The van der Waals surface area contributed by atoms with Gasteiger partial charge in [-0.3, -0.25) is 0 Å². The van der Waals surface area contributed by atoms with Crippen LogP contribution >= 0.6 is 0 Å². The van der Waals surface area contributed by atoms with Gasteiger partial charge in [0.05, 0.1) is 6.10 Å². The molecule has 1 heterocycles. The summed E-state index contributed by atoms with van der Waals surface area (Å²) in [5, 5.41) is 0. The van der Waals surface area contributed by atoms with Gasteiger partial charge in [-0.2, -0.15) is 0 Å². The highest BCUT2D eigenvalue weighted by atomic mass is 16.7. The number of hydrogen-bond donors (Lipinski definition) is 0. The first-order chi connectivity index (χ1) is 6.29. The Kier molecular flexibility index (Phi) is 2.12. The van der Waals surface area contributed by atoms with Crippen molar-refractivity contribution < 1.29 is 14.3 Å². The Hall–Kier alpha value is -0.830. The molecule has 0 aromatic heterocycles. The van der Waals surface area contributed by atoms with Gasteiger partial charge in [-0.05, 0) is 19.3 Å². The van der Waals surface area contributed by atoms with E-state index in [0.717, 1.165) is 19.3 Å². The lowest BCUT2D eigenvalue weighted by molar-refractivity contribution is -0.149. The number of epoxide rings is 1. The van der Waals surface area contributed by atoms with Gasteiger partial charge < -0.3 is 9.47 Å². The summed E-state index contributed by atoms with van der Waals surface area (Å²) in [5.74, 6) is -0.197. The van der Waals surface area contributed by atoms with Gasteiger partial charge in [-0.25, -0.2) is 4.79 Å². The largest absolute Gasteiger partial charge is 0.459 e. The van der Waals surface area contributed by atoms with E-state index in [4.69, 9.17) is 9.47 Å². The van der Waals surface area contributed by atoms with Crippen LogP contribution in [-0.4, -0.2) is 24.3 Å². The second-order valence-electron chi connectivity index (χ2n) is 3.63. The first-order valence-corrected chi connectivity index (χ1v) is 4.75. The average Bonchev–Trinajstić information content (AvgIpc) is 2.89. The molecule has 2 fully saturated rings. The number of carbonyl (C=O) groups is 1. The molecule has 1 aliphatic heterocycles. The lowest BCUT2D eigenvalue weighted by Gasteiger charge is -2.14. The highest BCUT2D eigenvalue weighted by molar-refractivity contribution is 5.83. The van der Waals surface area contributed by atoms with E-state index in [0.29, 0.717) is 0 Å². The van der Waals surface area contributed by atoms with Gasteiger partial charge in [-0.15, -0.1) is 0 Å². The molecule has 1 aliphatic carbocycles. The molecule has 1 saturated heterocycles. The summed E-state index contributed by atoms with van der Waals surface area (Å²) < 4.78 is 10.4. The molecule has 0 aromatic rings. The third kappa shape index (κ3) is 1.37. The standard InChI is InChI=1S/C10H14O3/c1-2-7-12-9(11)10-6-4-3-5-8(10)13-10/h2,8H,1,3-7H2. The summed E-state index contributed by atoms with van der Waals surface area (Å²) in [5.41, 5.74) is -0.554. The fourth-order valence-corrected chi connectivity index (χ4v) is 1.99. The Morgan fingerprint density at radius 3 is 3.23 bits per heavy atom. The average molecular weight is 182 g/mol. The second-order valence-corrected chi connectivity index (χ2v) is 3.63. The van der Waals surface area contributed by atoms with Gasteiger partial charge in [0.25, 0.3) is 0 Å². The van der Waals surface area contributed by atoms with Gasteiger partial charge >= 0.3 is 5.97 Å². The van der Waals surface area contributed by atoms with Crippen molar-refractivity contribution in [1.29, 1.82) is 0 Å². The van der Waals surface area contributed by atoms with Crippen LogP contribution in [0.4, 0.5) is 0 Å². The highest BCUT2D eigenvalue weighted by Gasteiger charge is 2.64. The SMILES string of the molecule is C=CCOC(=O)C12CCCCC1O2. The van der Waals surface area contributed by atoms with Crippen LogP contribution < -0.4 is 0 Å². The summed E-state index contributed by atoms with van der Waals surface area (Å²) in [7, 11) is 0. The fraction of sp³-hybridized carbons (Fsp3) is 0.700. The molecule has 2 unspecified atom stereocenters. The van der Waals surface area contributed by atoms with Gasteiger partial charge in [0.15, 0.2) is 5.60 Å². The first kappa shape index (κ1) is 8.75. The summed E-state index contributed by atoms with van der Waals surface area (Å²) in [6.07, 6.45) is 5.78. The number of hydrogen-bond acceptors (Lipinski definition) is 3. The molecule has 3 heteroatoms. The van der Waals surface area contributed by atoms with Crippen molar-refractivity contribution in [3.63, 3.8) is 0 Å². The van der Waals surface area contributed by atoms with Crippen molar-refractivity contribution in [3.8, 4) is 0 Å². The topological polar surface area (TPSA) is 38.8 Å². The van der Waals surface area contributed by atoms with Gasteiger partial charge in [0.1, 0.15) is 6.61 Å². The van der Waals surface area contributed by atoms with Crippen molar-refractivity contribution in [2.45, 2.75) is 37.4 Å². The lowest BCUT2D eigenvalue weighted by atomic mass is 9.89. The van der Waals surface area contributed by atoms with Gasteiger partial charge in [-0.1, -0.05) is 19.1 Å². The van der Waals surface area contributed by atoms with E-state index in [1.54, 1.807) is 6.08 Å². The molecule has 0 N–H and O–H groups in total. The van der Waals surface area contributed by atoms with Crippen LogP contribution in [-0.2, 0) is 14.3 Å². The molecule has 0 amide bonds. The van der Waals surface area contributed by atoms with E-state index >= 15 is 0 Å². The van der Waals surface area contributed by atoms with Crippen LogP contribution in [0.3, 0.4) is 0 Å². The zero-order valence-corrected chi connectivity index (χ0v) is 7.62. The van der Waals surface area contributed by atoms with E-state index in [-0.39, 0.29) is 18.7 Å². The molecule has 0 aromatic carbocycles. The predicted octanol–water partition coefficient (Wildman–Crippen LogP) is 1.43. The second kappa shape index (κ2) is 3.14. The first-order valence-electron chi connectivity index (χ1n) is 4.75. The number of ether oxygens (including phenoxy) is 2. The minimum atomic E-state index is -0.554. The molecule has 0 radical (unpaired) electrons. The van der Waals surface area contributed by atoms with E-state index in [2.05, 4.69) is 6.58 Å². The molecule has 3 nitrogen and oxygen atoms in total. The van der Waals surface area contributed by atoms with Crippen LogP contribution in [0.25, 0.3) is 0 Å². The van der Waals surface area contributed by atoms with Gasteiger partial charge in [0.2, 0.25) is 0 Å². The number of fused-ring (bicyclic) bond motifs is 1. The minimum Gasteiger partial charge on any atom is -0.459 e. The Bertz CT molecular complexity index is 236. The molecule has 13 heavy (non-hydrogen) atoms. The molecule has 2 aliphatic rings. The van der Waals surface area contributed by atoms with Crippen LogP contribution in [0.1, 0.15) is 25.7 Å². The van der Waals surface area contributed by atoms with E-state index in [9.17, 15) is 4.79 Å². The zero-order valence-electron chi connectivity index (χ0n) is 7.62. The summed E-state index contributed by atoms with van der Waals surface area (Å²) in [6.45, 7) is 3.78. The smallest absolute Gasteiger partial charge is 0.341 e. The number of esters is 1. The van der Waals surface area contributed by atoms with E-state index < -0.39 is 5.60 Å². The maximum absolute atomic E-state index is 11.5. The quantitative estimate of drug-likeness (QED) is 0.376. The molecular weight excluding hydrogens is 168 g/mol. The van der Waals surface area contributed by atoms with Crippen molar-refractivity contribution in [1.82, 2.24) is 0 Å². The third-order valence-electron chi connectivity index (χ3n) is 2.76. The Morgan fingerprint density at radius 2 is 2.54 bits per heavy atom. The monoisotopic (exact) mass is 182 g/mol. The van der Waals surface area contributed by atoms with Crippen LogP contribution in [0, 0.1) is 0 Å². The zero-order chi connectivity index (χ0) is 9.31. The Morgan fingerprint density at radius 1 is 1.69 bits per heavy atom. The molecule has 0 bridgehead atoms. The van der Waals surface area contributed by atoms with E-state index in [1.165, 1.54) is 6.42 Å². The van der Waals surface area contributed by atoms with Crippen LogP contribution in [0.15, 0.2) is 12.7 Å². The van der Waals surface area contributed by atoms with Crippen molar-refractivity contribution in [2.75, 3.05) is 6.61 Å². The lowest BCUT2D eigenvalue weighted by Crippen LogP contribution is -2.31. The van der Waals surface area contributed by atoms with E-state index in [1.807, 2.05) is 0 Å². The molecule has 72 valence electrons. The summed E-state index contributed by atoms with van der Waals surface area (Å²) in [4.78, 5) is 11.5. The maximum Gasteiger partial charge on any atom is 0.341 e. The molecule has 2 atom stereocenters. The maximum atomic E-state index is 11.5. The summed E-state index contributed by atoms with van der Waals surface area (Å²) >= 11 is 0. The Labute approximate surface area is 77.7 Å². The van der Waals surface area contributed by atoms with Crippen LogP contribution in [0.2, 0.25) is 0 Å². The van der Waals surface area contributed by atoms with Crippen molar-refractivity contribution in [2.24, 2.45) is 0 Å². The normalized spacial score (nSPS) is 36.2. The Balaban J connectivity index is 1.92. The summed E-state index contributed by atoms with van der Waals surface area (Å²) in [6, 6.07) is 0. The fourth-order valence-electron chi connectivity index (χ4n) is 1.99. The third-order valence-corrected chi connectivity index (χ3v) is 2.76. The van der Waals surface area contributed by atoms with Gasteiger partial charge in [0, 0.05) is 0 Å². The van der Waals surface area contributed by atoms with Crippen molar-refractivity contribution in [3.05, 3.63) is 12.7 Å². The highest BCUT2D eigenvalue weighted by Crippen LogP contribution is 2.48. The molecule has 1 saturated carbocycles. The predicted molar refractivity (Wildman–Crippen MR) is 47.2 cm³/mol. The van der Waals surface area contributed by atoms with Crippen molar-refractivity contribution >= 4 is 5.97 Å².